The lowest BCUT2D eigenvalue weighted by Gasteiger charge is -2.12. The lowest BCUT2D eigenvalue weighted by Crippen LogP contribution is -1.96. The van der Waals surface area contributed by atoms with Gasteiger partial charge in [0.15, 0.2) is 5.82 Å². The van der Waals surface area contributed by atoms with Crippen LogP contribution in [-0.4, -0.2) is 19.9 Å². The average molecular weight is 406 g/mol. The lowest BCUT2D eigenvalue weighted by atomic mass is 10.2. The van der Waals surface area contributed by atoms with Crippen molar-refractivity contribution in [3.63, 3.8) is 0 Å². The molecule has 0 aliphatic carbocycles. The second-order valence-corrected chi connectivity index (χ2v) is 6.68. The van der Waals surface area contributed by atoms with Gasteiger partial charge in [-0.3, -0.25) is 4.98 Å². The largest absolute Gasteiger partial charge is 0.455 e. The Morgan fingerprint density at radius 2 is 1.93 bits per heavy atom. The van der Waals surface area contributed by atoms with Gasteiger partial charge in [-0.1, -0.05) is 17.7 Å². The van der Waals surface area contributed by atoms with Crippen LogP contribution in [0, 0.1) is 5.82 Å². The summed E-state index contributed by atoms with van der Waals surface area (Å²) in [6, 6.07) is 13.6. The number of hydrogen-bond acceptors (Lipinski definition) is 5. The second kappa shape index (κ2) is 7.03. The Labute approximate surface area is 169 Å². The molecule has 5 aromatic rings. The molecule has 0 saturated carbocycles. The number of fused-ring (bicyclic) bond motifs is 2. The predicted molar refractivity (Wildman–Crippen MR) is 110 cm³/mol. The Morgan fingerprint density at radius 1 is 1.00 bits per heavy atom. The number of nitrogens with one attached hydrogen (secondary N) is 2. The monoisotopic (exact) mass is 405 g/mol. The first-order valence-corrected chi connectivity index (χ1v) is 9.12. The molecule has 2 aromatic carbocycles. The van der Waals surface area contributed by atoms with Crippen LogP contribution in [0.5, 0.6) is 11.5 Å². The van der Waals surface area contributed by atoms with Gasteiger partial charge < -0.3 is 15.0 Å². The van der Waals surface area contributed by atoms with Crippen LogP contribution in [0.4, 0.5) is 15.9 Å². The Bertz CT molecular complexity index is 1350. The van der Waals surface area contributed by atoms with Crippen LogP contribution in [0.2, 0.25) is 5.02 Å². The molecule has 142 valence electrons. The minimum Gasteiger partial charge on any atom is -0.455 e. The highest BCUT2D eigenvalue weighted by molar-refractivity contribution is 6.32. The topological polar surface area (TPSA) is 75.7 Å². The molecule has 0 atom stereocenters. The molecular formula is C21H13ClFN5O. The van der Waals surface area contributed by atoms with Gasteiger partial charge in [0.2, 0.25) is 0 Å². The Morgan fingerprint density at radius 3 is 2.83 bits per heavy atom. The van der Waals surface area contributed by atoms with Gasteiger partial charge in [-0.05, 0) is 42.5 Å². The van der Waals surface area contributed by atoms with Crippen LogP contribution in [0.1, 0.15) is 0 Å². The van der Waals surface area contributed by atoms with Crippen molar-refractivity contribution in [3.8, 4) is 11.5 Å². The normalized spacial score (nSPS) is 11.1. The number of ether oxygens (including phenoxy) is 1. The molecule has 0 saturated heterocycles. The minimum absolute atomic E-state index is 0.248. The molecule has 0 spiro atoms. The number of anilines is 2. The number of aromatic amines is 1. The number of pyridine rings is 1. The molecule has 3 heterocycles. The minimum atomic E-state index is -0.404. The van der Waals surface area contributed by atoms with Crippen LogP contribution in [0.3, 0.4) is 0 Å². The molecule has 5 rings (SSSR count). The van der Waals surface area contributed by atoms with Crippen molar-refractivity contribution in [2.45, 2.75) is 0 Å². The maximum atomic E-state index is 14.0. The smallest absolute Gasteiger partial charge is 0.158 e. The molecule has 6 nitrogen and oxygen atoms in total. The Kier molecular flexibility index (Phi) is 4.22. The zero-order valence-electron chi connectivity index (χ0n) is 14.9. The van der Waals surface area contributed by atoms with E-state index in [1.54, 1.807) is 36.5 Å². The first kappa shape index (κ1) is 17.4. The Balaban J connectivity index is 1.45. The summed E-state index contributed by atoms with van der Waals surface area (Å²) in [4.78, 5) is 15.6. The summed E-state index contributed by atoms with van der Waals surface area (Å²) in [5, 5.41) is 4.19. The quantitative estimate of drug-likeness (QED) is 0.393. The summed E-state index contributed by atoms with van der Waals surface area (Å²) in [6.45, 7) is 0. The van der Waals surface area contributed by atoms with E-state index in [4.69, 9.17) is 16.3 Å². The molecule has 0 unspecified atom stereocenters. The van der Waals surface area contributed by atoms with E-state index in [0.29, 0.717) is 27.7 Å². The predicted octanol–water partition coefficient (Wildman–Crippen LogP) is 5.83. The van der Waals surface area contributed by atoms with E-state index < -0.39 is 5.82 Å². The fourth-order valence-corrected chi connectivity index (χ4v) is 3.31. The van der Waals surface area contributed by atoms with Gasteiger partial charge in [0.05, 0.1) is 10.5 Å². The van der Waals surface area contributed by atoms with Gasteiger partial charge >= 0.3 is 0 Å². The SMILES string of the molecule is Fc1cccc2c(Oc3ccc(Nc4ncnc5cc[nH]c45)cc3Cl)ccnc12. The highest BCUT2D eigenvalue weighted by Gasteiger charge is 2.11. The number of nitrogens with zero attached hydrogens (tertiary/aromatic N) is 3. The molecule has 3 aromatic heterocycles. The van der Waals surface area contributed by atoms with Crippen molar-refractivity contribution in [2.75, 3.05) is 5.32 Å². The molecule has 0 aliphatic rings. The number of aromatic nitrogens is 4. The van der Waals surface area contributed by atoms with E-state index in [2.05, 4.69) is 25.3 Å². The molecule has 8 heteroatoms. The zero-order chi connectivity index (χ0) is 19.8. The number of para-hydroxylation sites is 1. The van der Waals surface area contributed by atoms with Crippen molar-refractivity contribution < 1.29 is 9.13 Å². The van der Waals surface area contributed by atoms with Gasteiger partial charge in [0.1, 0.15) is 34.7 Å². The Hall–Kier alpha value is -3.71. The summed E-state index contributed by atoms with van der Waals surface area (Å²) >= 11 is 6.43. The van der Waals surface area contributed by atoms with Crippen molar-refractivity contribution in [1.29, 1.82) is 0 Å². The van der Waals surface area contributed by atoms with E-state index in [1.165, 1.54) is 18.6 Å². The highest BCUT2D eigenvalue weighted by Crippen LogP contribution is 2.35. The number of rotatable bonds is 4. The zero-order valence-corrected chi connectivity index (χ0v) is 15.6. The molecule has 0 aliphatic heterocycles. The standard InChI is InChI=1S/C21H13ClFN5O/c22-14-10-12(28-21-20-16(6-8-25-20)26-11-27-21)4-5-18(14)29-17-7-9-24-19-13(17)2-1-3-15(19)23/h1-11,25H,(H,26,27,28). The number of halogens is 2. The van der Waals surface area contributed by atoms with Gasteiger partial charge in [-0.25, -0.2) is 14.4 Å². The number of benzene rings is 2. The van der Waals surface area contributed by atoms with Crippen molar-refractivity contribution in [3.05, 3.63) is 78.1 Å². The van der Waals surface area contributed by atoms with E-state index in [9.17, 15) is 4.39 Å². The summed E-state index contributed by atoms with van der Waals surface area (Å²) < 4.78 is 19.9. The fraction of sp³-hybridized carbons (Fsp3) is 0. The first-order chi connectivity index (χ1) is 14.2. The van der Waals surface area contributed by atoms with Gasteiger partial charge in [-0.2, -0.15) is 0 Å². The third kappa shape index (κ3) is 3.21. The lowest BCUT2D eigenvalue weighted by molar-refractivity contribution is 0.488. The van der Waals surface area contributed by atoms with Crippen LogP contribution >= 0.6 is 11.6 Å². The summed E-state index contributed by atoms with van der Waals surface area (Å²) in [5.74, 6) is 1.15. The van der Waals surface area contributed by atoms with E-state index in [0.717, 1.165) is 16.7 Å². The number of hydrogen-bond donors (Lipinski definition) is 2. The summed E-state index contributed by atoms with van der Waals surface area (Å²) in [5.41, 5.74) is 2.60. The fourth-order valence-electron chi connectivity index (χ4n) is 3.09. The van der Waals surface area contributed by atoms with E-state index in [1.807, 2.05) is 12.1 Å². The van der Waals surface area contributed by atoms with Crippen molar-refractivity contribution >= 4 is 45.0 Å². The molecule has 0 radical (unpaired) electrons. The summed E-state index contributed by atoms with van der Waals surface area (Å²) in [7, 11) is 0. The molecule has 2 N–H and O–H groups in total. The number of H-pyrrole nitrogens is 1. The van der Waals surface area contributed by atoms with Crippen LogP contribution in [-0.2, 0) is 0 Å². The molecule has 0 fully saturated rings. The van der Waals surface area contributed by atoms with Gasteiger partial charge in [0, 0.05) is 23.5 Å². The van der Waals surface area contributed by atoms with Crippen LogP contribution in [0.25, 0.3) is 21.9 Å². The maximum absolute atomic E-state index is 14.0. The first-order valence-electron chi connectivity index (χ1n) is 8.75. The van der Waals surface area contributed by atoms with Crippen LogP contribution < -0.4 is 10.1 Å². The van der Waals surface area contributed by atoms with E-state index >= 15 is 0 Å². The van der Waals surface area contributed by atoms with Crippen LogP contribution in [0.15, 0.2) is 67.3 Å². The molecule has 29 heavy (non-hydrogen) atoms. The molecule has 0 bridgehead atoms. The van der Waals surface area contributed by atoms with Gasteiger partial charge in [-0.15, -0.1) is 0 Å². The third-order valence-corrected chi connectivity index (χ3v) is 4.74. The third-order valence-electron chi connectivity index (χ3n) is 4.44. The maximum Gasteiger partial charge on any atom is 0.158 e. The average Bonchev–Trinajstić information content (AvgIpc) is 3.21. The van der Waals surface area contributed by atoms with Crippen molar-refractivity contribution in [1.82, 2.24) is 19.9 Å². The summed E-state index contributed by atoms with van der Waals surface area (Å²) in [6.07, 6.45) is 4.79. The molecular weight excluding hydrogens is 393 g/mol. The second-order valence-electron chi connectivity index (χ2n) is 6.28. The van der Waals surface area contributed by atoms with Crippen molar-refractivity contribution in [2.24, 2.45) is 0 Å². The van der Waals surface area contributed by atoms with E-state index in [-0.39, 0.29) is 5.52 Å². The molecule has 0 amide bonds. The van der Waals surface area contributed by atoms with Gasteiger partial charge in [0.25, 0.3) is 0 Å². The highest BCUT2D eigenvalue weighted by atomic mass is 35.5.